The number of rotatable bonds is 4. The second-order valence-electron chi connectivity index (χ2n) is 4.67. The quantitative estimate of drug-likeness (QED) is 0.712. The molecule has 1 heteroatoms. The molecule has 0 aliphatic heterocycles. The molecule has 0 spiro atoms. The van der Waals surface area contributed by atoms with Gasteiger partial charge in [-0.1, -0.05) is 84.1 Å². The summed E-state index contributed by atoms with van der Waals surface area (Å²) in [4.78, 5) is 0. The molecule has 0 aromatic heterocycles. The SMILES string of the molecule is CCC(C)=CB(c1ccccc1)c1ccccc1. The highest BCUT2D eigenvalue weighted by Gasteiger charge is 2.15. The third kappa shape index (κ3) is 3.13. The number of hydrogen-bond donors (Lipinski definition) is 0. The minimum absolute atomic E-state index is 0.368. The normalized spacial score (nSPS) is 11.3. The molecule has 18 heavy (non-hydrogen) atoms. The topological polar surface area (TPSA) is 0 Å². The van der Waals surface area contributed by atoms with E-state index in [1.807, 2.05) is 0 Å². The van der Waals surface area contributed by atoms with Gasteiger partial charge in [-0.2, -0.15) is 0 Å². The Morgan fingerprint density at radius 1 is 0.889 bits per heavy atom. The van der Waals surface area contributed by atoms with Gasteiger partial charge in [0.2, 0.25) is 6.71 Å². The van der Waals surface area contributed by atoms with Crippen molar-refractivity contribution in [2.45, 2.75) is 20.3 Å². The zero-order valence-corrected chi connectivity index (χ0v) is 11.1. The minimum Gasteiger partial charge on any atom is -0.107 e. The van der Waals surface area contributed by atoms with E-state index in [9.17, 15) is 0 Å². The zero-order valence-electron chi connectivity index (χ0n) is 11.1. The van der Waals surface area contributed by atoms with Crippen LogP contribution in [-0.2, 0) is 0 Å². The van der Waals surface area contributed by atoms with E-state index in [-0.39, 0.29) is 0 Å². The van der Waals surface area contributed by atoms with E-state index < -0.39 is 0 Å². The van der Waals surface area contributed by atoms with Gasteiger partial charge in [0.05, 0.1) is 0 Å². The van der Waals surface area contributed by atoms with E-state index in [2.05, 4.69) is 80.5 Å². The van der Waals surface area contributed by atoms with Crippen LogP contribution in [0.2, 0.25) is 0 Å². The van der Waals surface area contributed by atoms with E-state index in [0.29, 0.717) is 6.71 Å². The molecule has 0 aliphatic rings. The standard InChI is InChI=1S/C17H19B/c1-3-15(2)14-18(16-10-6-4-7-11-16)17-12-8-5-9-13-17/h4-14H,3H2,1-2H3. The highest BCUT2D eigenvalue weighted by molar-refractivity contribution is 6.89. The molecule has 0 saturated carbocycles. The lowest BCUT2D eigenvalue weighted by Crippen LogP contribution is -2.40. The first-order chi connectivity index (χ1) is 8.81. The van der Waals surface area contributed by atoms with Gasteiger partial charge in [-0.3, -0.25) is 0 Å². The van der Waals surface area contributed by atoms with Crippen molar-refractivity contribution >= 4 is 17.6 Å². The van der Waals surface area contributed by atoms with E-state index in [1.165, 1.54) is 16.5 Å². The number of allylic oxidation sites excluding steroid dienone is 1. The summed E-state index contributed by atoms with van der Waals surface area (Å²) in [6, 6.07) is 21.4. The van der Waals surface area contributed by atoms with Crippen LogP contribution in [0.15, 0.2) is 72.2 Å². The Kier molecular flexibility index (Phi) is 4.41. The van der Waals surface area contributed by atoms with Crippen molar-refractivity contribution in [1.82, 2.24) is 0 Å². The highest BCUT2D eigenvalue weighted by Crippen LogP contribution is 2.02. The van der Waals surface area contributed by atoms with Crippen LogP contribution in [0.5, 0.6) is 0 Å². The minimum atomic E-state index is 0.368. The van der Waals surface area contributed by atoms with Crippen molar-refractivity contribution < 1.29 is 0 Å². The van der Waals surface area contributed by atoms with Crippen LogP contribution >= 0.6 is 0 Å². The van der Waals surface area contributed by atoms with Gasteiger partial charge in [0.15, 0.2) is 0 Å². The van der Waals surface area contributed by atoms with Gasteiger partial charge < -0.3 is 0 Å². The first-order valence-corrected chi connectivity index (χ1v) is 6.58. The Bertz CT molecular complexity index is 460. The van der Waals surface area contributed by atoms with Gasteiger partial charge in [0.1, 0.15) is 0 Å². The predicted octanol–water partition coefficient (Wildman–Crippen LogP) is 3.19. The van der Waals surface area contributed by atoms with Crippen molar-refractivity contribution in [3.63, 3.8) is 0 Å². The fraction of sp³-hybridized carbons (Fsp3) is 0.176. The Balaban J connectivity index is 2.42. The maximum absolute atomic E-state index is 2.38. The summed E-state index contributed by atoms with van der Waals surface area (Å²) in [6.07, 6.45) is 1.11. The van der Waals surface area contributed by atoms with Crippen molar-refractivity contribution in [2.75, 3.05) is 0 Å². The predicted molar refractivity (Wildman–Crippen MR) is 82.0 cm³/mol. The molecule has 0 unspecified atom stereocenters. The fourth-order valence-corrected chi connectivity index (χ4v) is 2.11. The summed E-state index contributed by atoms with van der Waals surface area (Å²) < 4.78 is 0. The molecule has 0 bridgehead atoms. The van der Waals surface area contributed by atoms with Crippen LogP contribution in [-0.4, -0.2) is 6.71 Å². The van der Waals surface area contributed by atoms with Crippen molar-refractivity contribution in [3.05, 3.63) is 72.2 Å². The molecule has 0 amide bonds. The first kappa shape index (κ1) is 12.7. The van der Waals surface area contributed by atoms with Crippen LogP contribution in [0.25, 0.3) is 0 Å². The van der Waals surface area contributed by atoms with Crippen LogP contribution < -0.4 is 10.9 Å². The van der Waals surface area contributed by atoms with Gasteiger partial charge in [-0.25, -0.2) is 0 Å². The van der Waals surface area contributed by atoms with Gasteiger partial charge >= 0.3 is 0 Å². The summed E-state index contributed by atoms with van der Waals surface area (Å²) in [5, 5.41) is 0. The van der Waals surface area contributed by atoms with Crippen LogP contribution in [0.3, 0.4) is 0 Å². The van der Waals surface area contributed by atoms with Crippen LogP contribution in [0.4, 0.5) is 0 Å². The Morgan fingerprint density at radius 2 is 1.33 bits per heavy atom. The van der Waals surface area contributed by atoms with Crippen molar-refractivity contribution in [1.29, 1.82) is 0 Å². The molecule has 90 valence electrons. The first-order valence-electron chi connectivity index (χ1n) is 6.58. The lowest BCUT2D eigenvalue weighted by Gasteiger charge is -2.11. The smallest absolute Gasteiger partial charge is 0.107 e. The third-order valence-electron chi connectivity index (χ3n) is 3.33. The second-order valence-corrected chi connectivity index (χ2v) is 4.67. The van der Waals surface area contributed by atoms with Crippen LogP contribution in [0, 0.1) is 0 Å². The van der Waals surface area contributed by atoms with Gasteiger partial charge in [0.25, 0.3) is 0 Å². The van der Waals surface area contributed by atoms with Gasteiger partial charge in [0, 0.05) is 0 Å². The molecular weight excluding hydrogens is 215 g/mol. The molecule has 2 rings (SSSR count). The summed E-state index contributed by atoms with van der Waals surface area (Å²) >= 11 is 0. The van der Waals surface area contributed by atoms with E-state index in [0.717, 1.165) is 6.42 Å². The monoisotopic (exact) mass is 234 g/mol. The molecule has 0 radical (unpaired) electrons. The Morgan fingerprint density at radius 3 is 1.72 bits per heavy atom. The average molecular weight is 234 g/mol. The van der Waals surface area contributed by atoms with Crippen LogP contribution in [0.1, 0.15) is 20.3 Å². The van der Waals surface area contributed by atoms with Gasteiger partial charge in [-0.05, 0) is 13.3 Å². The Hall–Kier alpha value is -1.76. The van der Waals surface area contributed by atoms with Crippen molar-refractivity contribution in [3.8, 4) is 0 Å². The van der Waals surface area contributed by atoms with E-state index in [1.54, 1.807) is 0 Å². The fourth-order valence-electron chi connectivity index (χ4n) is 2.11. The summed E-state index contributed by atoms with van der Waals surface area (Å²) in [7, 11) is 0. The zero-order chi connectivity index (χ0) is 12.8. The second kappa shape index (κ2) is 6.25. The lowest BCUT2D eigenvalue weighted by atomic mass is 9.40. The third-order valence-corrected chi connectivity index (χ3v) is 3.33. The maximum atomic E-state index is 2.38. The van der Waals surface area contributed by atoms with Gasteiger partial charge in [-0.15, -0.1) is 5.98 Å². The molecule has 2 aromatic rings. The molecule has 0 nitrogen and oxygen atoms in total. The van der Waals surface area contributed by atoms with E-state index in [4.69, 9.17) is 0 Å². The largest absolute Gasteiger partial charge is 0.233 e. The highest BCUT2D eigenvalue weighted by atomic mass is 13.9. The molecule has 0 aliphatic carbocycles. The molecule has 0 heterocycles. The summed E-state index contributed by atoms with van der Waals surface area (Å²) in [5.74, 6) is 2.38. The molecule has 2 aromatic carbocycles. The molecule has 0 fully saturated rings. The molecule has 0 saturated heterocycles. The lowest BCUT2D eigenvalue weighted by molar-refractivity contribution is 1.10. The summed E-state index contributed by atoms with van der Waals surface area (Å²) in [5.41, 5.74) is 4.15. The average Bonchev–Trinajstić information content (AvgIpc) is 2.46. The maximum Gasteiger partial charge on any atom is 0.233 e. The number of hydrogen-bond acceptors (Lipinski definition) is 0. The molecular formula is C17H19B. The number of benzene rings is 2. The Labute approximate surface area is 110 Å². The molecule has 0 atom stereocenters. The van der Waals surface area contributed by atoms with E-state index >= 15 is 0 Å². The summed E-state index contributed by atoms with van der Waals surface area (Å²) in [6.45, 7) is 4.78. The molecule has 0 N–H and O–H groups in total. The van der Waals surface area contributed by atoms with Crippen molar-refractivity contribution in [2.24, 2.45) is 0 Å².